The third kappa shape index (κ3) is 4.08. The fraction of sp³-hybridized carbons (Fsp3) is 0.208. The average Bonchev–Trinajstić information content (AvgIpc) is 2.75. The van der Waals surface area contributed by atoms with Gasteiger partial charge in [-0.1, -0.05) is 23.8 Å². The number of aromatic nitrogens is 2. The van der Waals surface area contributed by atoms with Crippen LogP contribution in [0.1, 0.15) is 34.3 Å². The summed E-state index contributed by atoms with van der Waals surface area (Å²) in [5, 5.41) is 2.92. The summed E-state index contributed by atoms with van der Waals surface area (Å²) in [6.45, 7) is 5.26. The lowest BCUT2D eigenvalue weighted by molar-refractivity contribution is 0.102. The molecule has 1 atom stereocenters. The van der Waals surface area contributed by atoms with E-state index in [1.165, 1.54) is 11.6 Å². The maximum atomic E-state index is 14.2. The van der Waals surface area contributed by atoms with Crippen molar-refractivity contribution in [3.05, 3.63) is 95.2 Å². The van der Waals surface area contributed by atoms with Gasteiger partial charge in [-0.25, -0.2) is 9.37 Å². The van der Waals surface area contributed by atoms with E-state index in [2.05, 4.69) is 28.3 Å². The largest absolute Gasteiger partial charge is 0.350 e. The number of carbonyl (C=O) groups excluding carboxylic acids is 1. The molecule has 0 fully saturated rings. The molecule has 1 aromatic carbocycles. The minimum atomic E-state index is -0.312. The van der Waals surface area contributed by atoms with E-state index in [0.717, 1.165) is 16.8 Å². The number of halogens is 1. The Kier molecular flexibility index (Phi) is 5.57. The molecule has 1 aliphatic heterocycles. The molecule has 0 saturated carbocycles. The zero-order valence-electron chi connectivity index (χ0n) is 17.0. The zero-order valence-corrected chi connectivity index (χ0v) is 17.0. The Morgan fingerprint density at radius 2 is 1.93 bits per heavy atom. The summed E-state index contributed by atoms with van der Waals surface area (Å²) in [6, 6.07) is 12.6. The minimum Gasteiger partial charge on any atom is -0.350 e. The van der Waals surface area contributed by atoms with Gasteiger partial charge < -0.3 is 10.2 Å². The highest BCUT2D eigenvalue weighted by Gasteiger charge is 2.24. The second-order valence-electron chi connectivity index (χ2n) is 7.48. The molecule has 6 heteroatoms. The van der Waals surface area contributed by atoms with Crippen LogP contribution in [0.2, 0.25) is 0 Å². The Morgan fingerprint density at radius 3 is 2.67 bits per heavy atom. The maximum Gasteiger partial charge on any atom is 0.257 e. The molecule has 0 radical (unpaired) electrons. The molecule has 1 unspecified atom stereocenters. The van der Waals surface area contributed by atoms with Crippen molar-refractivity contribution in [2.75, 3.05) is 23.3 Å². The standard InChI is InChI=1S/C24H23FN4O/c1-16-9-12-26-14-20(16)24(30)28-19-7-5-18(6-8-19)21-15-29(13-10-17(21)2)23-22(25)4-3-11-27-23/h3-12,14,21H,13,15H2,1-2H3,(H,28,30). The first-order chi connectivity index (χ1) is 14.5. The van der Waals surface area contributed by atoms with Gasteiger partial charge in [0.25, 0.3) is 5.91 Å². The molecular formula is C24H23FN4O. The van der Waals surface area contributed by atoms with E-state index in [1.807, 2.05) is 42.2 Å². The van der Waals surface area contributed by atoms with Gasteiger partial charge in [0, 0.05) is 43.3 Å². The van der Waals surface area contributed by atoms with Gasteiger partial charge in [-0.3, -0.25) is 9.78 Å². The highest BCUT2D eigenvalue weighted by molar-refractivity contribution is 6.05. The number of hydrogen-bond acceptors (Lipinski definition) is 4. The van der Waals surface area contributed by atoms with Crippen LogP contribution in [0.25, 0.3) is 0 Å². The molecule has 2 aromatic heterocycles. The summed E-state index contributed by atoms with van der Waals surface area (Å²) >= 11 is 0. The van der Waals surface area contributed by atoms with Crippen LogP contribution in [0, 0.1) is 12.7 Å². The fourth-order valence-electron chi connectivity index (χ4n) is 3.69. The van der Waals surface area contributed by atoms with Gasteiger partial charge in [-0.15, -0.1) is 0 Å². The van der Waals surface area contributed by atoms with E-state index in [1.54, 1.807) is 24.7 Å². The van der Waals surface area contributed by atoms with Gasteiger partial charge in [-0.05, 0) is 55.3 Å². The third-order valence-electron chi connectivity index (χ3n) is 5.48. The highest BCUT2D eigenvalue weighted by Crippen LogP contribution is 2.31. The summed E-state index contributed by atoms with van der Waals surface area (Å²) in [5.41, 5.74) is 4.51. The number of nitrogens with zero attached hydrogens (tertiary/aromatic N) is 3. The number of pyridine rings is 2. The molecule has 0 aliphatic carbocycles. The van der Waals surface area contributed by atoms with Gasteiger partial charge in [0.1, 0.15) is 0 Å². The van der Waals surface area contributed by atoms with Gasteiger partial charge >= 0.3 is 0 Å². The Labute approximate surface area is 175 Å². The van der Waals surface area contributed by atoms with Crippen molar-refractivity contribution in [1.29, 1.82) is 0 Å². The van der Waals surface area contributed by atoms with E-state index in [9.17, 15) is 9.18 Å². The van der Waals surface area contributed by atoms with E-state index in [4.69, 9.17) is 0 Å². The lowest BCUT2D eigenvalue weighted by Gasteiger charge is -2.33. The number of anilines is 2. The number of amides is 1. The zero-order chi connectivity index (χ0) is 21.1. The topological polar surface area (TPSA) is 58.1 Å². The quantitative estimate of drug-likeness (QED) is 0.641. The summed E-state index contributed by atoms with van der Waals surface area (Å²) in [7, 11) is 0. The van der Waals surface area contributed by atoms with Crippen molar-refractivity contribution in [2.24, 2.45) is 0 Å². The van der Waals surface area contributed by atoms with Crippen LogP contribution in [-0.2, 0) is 0 Å². The molecule has 1 amide bonds. The van der Waals surface area contributed by atoms with Crippen LogP contribution in [0.15, 0.2) is 72.7 Å². The van der Waals surface area contributed by atoms with E-state index in [0.29, 0.717) is 24.5 Å². The summed E-state index contributed by atoms with van der Waals surface area (Å²) < 4.78 is 14.2. The van der Waals surface area contributed by atoms with Gasteiger partial charge in [0.05, 0.1) is 5.56 Å². The van der Waals surface area contributed by atoms with Crippen LogP contribution >= 0.6 is 0 Å². The molecule has 3 aromatic rings. The van der Waals surface area contributed by atoms with Crippen molar-refractivity contribution in [1.82, 2.24) is 9.97 Å². The third-order valence-corrected chi connectivity index (χ3v) is 5.48. The van der Waals surface area contributed by atoms with E-state index < -0.39 is 0 Å². The average molecular weight is 402 g/mol. The predicted molar refractivity (Wildman–Crippen MR) is 116 cm³/mol. The van der Waals surface area contributed by atoms with Gasteiger partial charge in [0.2, 0.25) is 0 Å². The van der Waals surface area contributed by atoms with Crippen LogP contribution in [0.3, 0.4) is 0 Å². The van der Waals surface area contributed by atoms with Crippen LogP contribution in [-0.4, -0.2) is 29.0 Å². The maximum absolute atomic E-state index is 14.2. The predicted octanol–water partition coefficient (Wildman–Crippen LogP) is 4.73. The van der Waals surface area contributed by atoms with Crippen molar-refractivity contribution in [2.45, 2.75) is 19.8 Å². The number of aryl methyl sites for hydroxylation is 1. The second kappa shape index (κ2) is 8.45. The van der Waals surface area contributed by atoms with Crippen molar-refractivity contribution < 1.29 is 9.18 Å². The number of nitrogens with one attached hydrogen (secondary N) is 1. The van der Waals surface area contributed by atoms with Gasteiger partial charge in [-0.2, -0.15) is 0 Å². The molecule has 152 valence electrons. The Hall–Kier alpha value is -3.54. The normalized spacial score (nSPS) is 16.2. The number of rotatable bonds is 4. The number of carbonyl (C=O) groups is 1. The highest BCUT2D eigenvalue weighted by atomic mass is 19.1. The van der Waals surface area contributed by atoms with Crippen molar-refractivity contribution >= 4 is 17.4 Å². The Morgan fingerprint density at radius 1 is 1.13 bits per heavy atom. The van der Waals surface area contributed by atoms with E-state index in [-0.39, 0.29) is 17.6 Å². The molecule has 5 nitrogen and oxygen atoms in total. The molecular weight excluding hydrogens is 379 g/mol. The molecule has 0 bridgehead atoms. The molecule has 4 rings (SSSR count). The molecule has 1 aliphatic rings. The Bertz CT molecular complexity index is 1090. The van der Waals surface area contributed by atoms with Gasteiger partial charge in [0.15, 0.2) is 11.6 Å². The first-order valence-corrected chi connectivity index (χ1v) is 9.87. The minimum absolute atomic E-state index is 0.130. The number of hydrogen-bond donors (Lipinski definition) is 1. The fourth-order valence-corrected chi connectivity index (χ4v) is 3.69. The first kappa shape index (κ1) is 19.8. The van der Waals surface area contributed by atoms with Crippen molar-refractivity contribution in [3.8, 4) is 0 Å². The van der Waals surface area contributed by atoms with Crippen LogP contribution in [0.5, 0.6) is 0 Å². The summed E-state index contributed by atoms with van der Waals surface area (Å²) in [5.74, 6) is 0.0132. The second-order valence-corrected chi connectivity index (χ2v) is 7.48. The lowest BCUT2D eigenvalue weighted by Crippen LogP contribution is -2.34. The lowest BCUT2D eigenvalue weighted by atomic mass is 9.89. The number of benzene rings is 1. The molecule has 0 spiro atoms. The summed E-state index contributed by atoms with van der Waals surface area (Å²) in [4.78, 5) is 22.7. The van der Waals surface area contributed by atoms with Crippen LogP contribution < -0.4 is 10.2 Å². The molecule has 0 saturated heterocycles. The molecule has 30 heavy (non-hydrogen) atoms. The van der Waals surface area contributed by atoms with Crippen molar-refractivity contribution in [3.63, 3.8) is 0 Å². The smallest absolute Gasteiger partial charge is 0.257 e. The summed E-state index contributed by atoms with van der Waals surface area (Å²) in [6.07, 6.45) is 6.96. The molecule has 3 heterocycles. The van der Waals surface area contributed by atoms with E-state index >= 15 is 0 Å². The SMILES string of the molecule is CC1=CCN(c2ncccc2F)CC1c1ccc(NC(=O)c2cnccc2C)cc1. The molecule has 1 N–H and O–H groups in total. The first-order valence-electron chi connectivity index (χ1n) is 9.87. The monoisotopic (exact) mass is 402 g/mol. The Balaban J connectivity index is 1.50. The van der Waals surface area contributed by atoms with Crippen LogP contribution in [0.4, 0.5) is 15.9 Å².